The largest absolute Gasteiger partial charge is 1.00 e. The van der Waals surface area contributed by atoms with Gasteiger partial charge in [-0.1, -0.05) is 36.4 Å². The molecule has 5 heteroatoms. The molecule has 1 aliphatic rings. The summed E-state index contributed by atoms with van der Waals surface area (Å²) in [6, 6.07) is 15.9. The molecular weight excluding hydrogens is 276 g/mol. The maximum atomic E-state index is 11.9. The van der Waals surface area contributed by atoms with Gasteiger partial charge in [0.1, 0.15) is 0 Å². The molecule has 1 heterocycles. The van der Waals surface area contributed by atoms with Crippen LogP contribution in [0.3, 0.4) is 0 Å². The van der Waals surface area contributed by atoms with Crippen molar-refractivity contribution in [1.82, 2.24) is 0 Å². The van der Waals surface area contributed by atoms with Crippen molar-refractivity contribution in [3.8, 4) is 0 Å². The van der Waals surface area contributed by atoms with Gasteiger partial charge in [-0.2, -0.15) is 0 Å². The lowest BCUT2D eigenvalue weighted by atomic mass is 10.0. The smallest absolute Gasteiger partial charge is 0.423 e. The van der Waals surface area contributed by atoms with Crippen LogP contribution in [0.4, 0.5) is 16.2 Å². The van der Waals surface area contributed by atoms with Crippen LogP contribution in [-0.2, 0) is 12.8 Å². The van der Waals surface area contributed by atoms with Crippen LogP contribution in [0.5, 0.6) is 0 Å². The van der Waals surface area contributed by atoms with Gasteiger partial charge in [0.05, 0.1) is 11.4 Å². The van der Waals surface area contributed by atoms with Crippen molar-refractivity contribution in [1.29, 1.82) is 0 Å². The van der Waals surface area contributed by atoms with E-state index in [1.54, 1.807) is 4.90 Å². The summed E-state index contributed by atoms with van der Waals surface area (Å²) in [4.78, 5) is 13.6. The molecule has 20 heavy (non-hydrogen) atoms. The molecule has 2 aromatic carbocycles. The number of anilines is 2. The van der Waals surface area contributed by atoms with Crippen molar-refractivity contribution in [3.63, 3.8) is 0 Å². The van der Waals surface area contributed by atoms with E-state index >= 15 is 0 Å². The number of nitrogens with zero attached hydrogens (tertiary/aromatic N) is 1. The normalized spacial score (nSPS) is 12.2. The molecule has 3 rings (SSSR count). The topological polar surface area (TPSA) is 79.5 Å². The zero-order chi connectivity index (χ0) is 12.5. The van der Waals surface area contributed by atoms with Gasteiger partial charge in [-0.3, -0.25) is 5.73 Å². The van der Waals surface area contributed by atoms with Gasteiger partial charge >= 0.3 is 6.03 Å². The minimum Gasteiger partial charge on any atom is -1.00 e. The number of para-hydroxylation sites is 2. The molecule has 106 valence electrons. The van der Waals surface area contributed by atoms with Crippen LogP contribution in [0.2, 0.25) is 0 Å². The number of hydrogen-bond acceptors (Lipinski definition) is 1. The number of fused-ring (bicyclic) bond motifs is 2. The van der Waals surface area contributed by atoms with Crippen LogP contribution in [0.15, 0.2) is 48.5 Å². The second-order valence-electron chi connectivity index (χ2n) is 4.49. The number of aryl methyl sites for hydroxylation is 2. The quantitative estimate of drug-likeness (QED) is 0.628. The lowest BCUT2D eigenvalue weighted by molar-refractivity contribution is -0.245. The van der Waals surface area contributed by atoms with Gasteiger partial charge in [-0.15, -0.1) is 0 Å². The van der Waals surface area contributed by atoms with E-state index in [0.717, 1.165) is 24.2 Å². The number of carbonyl (C=O) groups is 1. The number of rotatable bonds is 0. The van der Waals surface area contributed by atoms with E-state index in [9.17, 15) is 4.79 Å². The number of quaternary nitrogens is 1. The number of benzene rings is 2. The Morgan fingerprint density at radius 3 is 1.70 bits per heavy atom. The van der Waals surface area contributed by atoms with E-state index in [0.29, 0.717) is 0 Å². The highest BCUT2D eigenvalue weighted by atomic mass is 35.5. The van der Waals surface area contributed by atoms with Gasteiger partial charge < -0.3 is 17.9 Å². The molecule has 1 aliphatic heterocycles. The summed E-state index contributed by atoms with van der Waals surface area (Å²) in [6.45, 7) is 0. The fraction of sp³-hybridized carbons (Fsp3) is 0.133. The van der Waals surface area contributed by atoms with Gasteiger partial charge in [0.15, 0.2) is 0 Å². The average molecular weight is 293 g/mol. The summed E-state index contributed by atoms with van der Waals surface area (Å²) in [5, 5.41) is 0. The lowest BCUT2D eigenvalue weighted by Crippen LogP contribution is -3.00. The van der Waals surface area contributed by atoms with Crippen LogP contribution >= 0.6 is 0 Å². The number of urea groups is 1. The Labute approximate surface area is 123 Å². The van der Waals surface area contributed by atoms with Crippen LogP contribution in [0, 0.1) is 0 Å². The third-order valence-corrected chi connectivity index (χ3v) is 3.38. The van der Waals surface area contributed by atoms with Crippen molar-refractivity contribution in [2.45, 2.75) is 12.8 Å². The standard InChI is InChI=1S/C15H14N2O.ClH.H2O/c16-15(18)17-13-7-3-1-5-11(13)9-10-12-6-2-4-8-14(12)17;;/h1-8H,9-10H2,(H2,16,18);1H;1H2. The number of hydrogen-bond donors (Lipinski definition) is 1. The zero-order valence-electron chi connectivity index (χ0n) is 11.0. The summed E-state index contributed by atoms with van der Waals surface area (Å²) in [7, 11) is 0. The molecule has 0 unspecified atom stereocenters. The summed E-state index contributed by atoms with van der Waals surface area (Å²) in [5.41, 5.74) is 7.91. The predicted octanol–water partition coefficient (Wildman–Crippen LogP) is -1.54. The van der Waals surface area contributed by atoms with Crippen molar-refractivity contribution in [2.75, 3.05) is 4.90 Å². The monoisotopic (exact) mass is 292 g/mol. The van der Waals surface area contributed by atoms with Crippen LogP contribution < -0.4 is 23.0 Å². The Morgan fingerprint density at radius 2 is 1.30 bits per heavy atom. The fourth-order valence-electron chi connectivity index (χ4n) is 2.55. The Bertz CT molecular complexity index is 569. The molecule has 0 fully saturated rings. The van der Waals surface area contributed by atoms with Crippen molar-refractivity contribution in [2.24, 2.45) is 0 Å². The molecule has 0 atom stereocenters. The first-order valence-electron chi connectivity index (χ1n) is 6.09. The summed E-state index contributed by atoms with van der Waals surface area (Å²) in [5.74, 6) is 0. The number of amides is 2. The molecule has 2 aromatic rings. The Kier molecular flexibility index (Phi) is 5.27. The van der Waals surface area contributed by atoms with Crippen LogP contribution in [0.1, 0.15) is 11.1 Å². The Morgan fingerprint density at radius 1 is 0.900 bits per heavy atom. The lowest BCUT2D eigenvalue weighted by Gasteiger charge is -2.20. The third kappa shape index (κ3) is 2.67. The maximum Gasteiger partial charge on any atom is 0.423 e. The second-order valence-corrected chi connectivity index (χ2v) is 4.49. The molecule has 2 amide bonds. The fourth-order valence-corrected chi connectivity index (χ4v) is 2.55. The van der Waals surface area contributed by atoms with Gasteiger partial charge in [0.25, 0.3) is 0 Å². The maximum absolute atomic E-state index is 11.9. The van der Waals surface area contributed by atoms with Gasteiger partial charge in [-0.25, -0.2) is 9.69 Å². The first-order valence-corrected chi connectivity index (χ1v) is 6.09. The van der Waals surface area contributed by atoms with Gasteiger partial charge in [0, 0.05) is 0 Å². The van der Waals surface area contributed by atoms with E-state index in [2.05, 4.69) is 17.9 Å². The minimum atomic E-state index is -0.184. The van der Waals surface area contributed by atoms with Gasteiger partial charge in [0.2, 0.25) is 0 Å². The highest BCUT2D eigenvalue weighted by Crippen LogP contribution is 2.35. The van der Waals surface area contributed by atoms with Gasteiger partial charge in [-0.05, 0) is 36.1 Å². The molecule has 0 aromatic heterocycles. The van der Waals surface area contributed by atoms with E-state index < -0.39 is 0 Å². The van der Waals surface area contributed by atoms with Crippen molar-refractivity contribution >= 4 is 17.4 Å². The molecule has 5 N–H and O–H groups in total. The second kappa shape index (κ2) is 6.52. The molecular formula is C15H17ClN2O2. The summed E-state index contributed by atoms with van der Waals surface area (Å²) < 4.78 is 0. The predicted molar refractivity (Wildman–Crippen MR) is 74.3 cm³/mol. The van der Waals surface area contributed by atoms with Crippen LogP contribution in [0.25, 0.3) is 0 Å². The summed E-state index contributed by atoms with van der Waals surface area (Å²) in [6.07, 6.45) is 1.91. The first-order chi connectivity index (χ1) is 8.77. The number of halogens is 1. The molecule has 0 spiro atoms. The first kappa shape index (κ1) is 16.2. The Hall–Kier alpha value is -1.88. The van der Waals surface area contributed by atoms with E-state index in [1.807, 2.05) is 36.4 Å². The van der Waals surface area contributed by atoms with E-state index in [4.69, 9.17) is 0 Å². The molecule has 0 radical (unpaired) electrons. The summed E-state index contributed by atoms with van der Waals surface area (Å²) >= 11 is 0. The van der Waals surface area contributed by atoms with Crippen molar-refractivity contribution in [3.05, 3.63) is 59.7 Å². The molecule has 0 saturated heterocycles. The molecule has 0 aliphatic carbocycles. The molecule has 0 saturated carbocycles. The van der Waals surface area contributed by atoms with E-state index in [-0.39, 0.29) is 23.9 Å². The van der Waals surface area contributed by atoms with Crippen LogP contribution in [-0.4, -0.2) is 11.5 Å². The number of carbonyl (C=O) groups excluding carboxylic acids is 1. The highest BCUT2D eigenvalue weighted by Gasteiger charge is 2.25. The average Bonchev–Trinajstić information content (AvgIpc) is 2.55. The Balaban J connectivity index is 0.000001000. The SMILES string of the molecule is O.[Cl-].[NH3+]C(=O)N1c2ccccc2CCc2ccccc21. The molecule has 4 nitrogen and oxygen atoms in total. The van der Waals surface area contributed by atoms with E-state index in [1.165, 1.54) is 11.1 Å². The molecule has 0 bridgehead atoms. The third-order valence-electron chi connectivity index (χ3n) is 3.38. The highest BCUT2D eigenvalue weighted by molar-refractivity contribution is 5.95. The van der Waals surface area contributed by atoms with Crippen molar-refractivity contribution < 1.29 is 28.4 Å². The zero-order valence-corrected chi connectivity index (χ0v) is 11.7. The minimum absolute atomic E-state index is 0.